The molecule has 3 aromatic rings. The lowest BCUT2D eigenvalue weighted by Gasteiger charge is -2.34. The highest BCUT2D eigenvalue weighted by Gasteiger charge is 2.28. The van der Waals surface area contributed by atoms with Crippen molar-refractivity contribution in [2.45, 2.75) is 20.5 Å². The van der Waals surface area contributed by atoms with Crippen LogP contribution in [0.25, 0.3) is 0 Å². The summed E-state index contributed by atoms with van der Waals surface area (Å²) < 4.78 is 32.5. The number of rotatable bonds is 5. The van der Waals surface area contributed by atoms with Gasteiger partial charge in [0.2, 0.25) is 0 Å². The fraction of sp³-hybridized carbons (Fsp3) is 0.292. The molecule has 2 heterocycles. The second-order valence-electron chi connectivity index (χ2n) is 7.81. The third kappa shape index (κ3) is 5.19. The highest BCUT2D eigenvalue weighted by Crippen LogP contribution is 2.23. The summed E-state index contributed by atoms with van der Waals surface area (Å²) in [6.07, 6.45) is 0. The van der Waals surface area contributed by atoms with Crippen LogP contribution in [0, 0.1) is 25.5 Å². The molecule has 1 aliphatic heterocycles. The molecule has 6 nitrogen and oxygen atoms in total. The summed E-state index contributed by atoms with van der Waals surface area (Å²) in [5, 5.41) is 0.649. The molecule has 1 aromatic heterocycles. The van der Waals surface area contributed by atoms with Crippen LogP contribution in [0.15, 0.2) is 42.5 Å². The van der Waals surface area contributed by atoms with Crippen LogP contribution in [0.1, 0.15) is 36.3 Å². The lowest BCUT2D eigenvalue weighted by Crippen LogP contribution is -2.50. The number of thiazole rings is 1. The monoisotopic (exact) mass is 471 g/mol. The number of aryl methyl sites for hydroxylation is 2. The van der Waals surface area contributed by atoms with Gasteiger partial charge in [-0.05, 0) is 55.8 Å². The molecule has 0 saturated carbocycles. The second-order valence-corrected chi connectivity index (χ2v) is 8.90. The van der Waals surface area contributed by atoms with Crippen LogP contribution in [-0.4, -0.2) is 52.8 Å². The maximum atomic E-state index is 13.8. The molecule has 2 amide bonds. The van der Waals surface area contributed by atoms with E-state index in [0.717, 1.165) is 0 Å². The molecule has 0 spiro atoms. The fourth-order valence-corrected chi connectivity index (χ4v) is 4.50. The number of carbonyl (C=O) groups is 2. The fourth-order valence-electron chi connectivity index (χ4n) is 3.55. The van der Waals surface area contributed by atoms with Gasteiger partial charge in [-0.25, -0.2) is 13.8 Å². The Morgan fingerprint density at radius 1 is 0.970 bits per heavy atom. The summed E-state index contributed by atoms with van der Waals surface area (Å²) in [5.74, 6) is -0.601. The molecule has 9 heteroatoms. The van der Waals surface area contributed by atoms with E-state index >= 15 is 0 Å². The van der Waals surface area contributed by atoms with E-state index in [4.69, 9.17) is 4.74 Å². The van der Waals surface area contributed by atoms with E-state index in [0.29, 0.717) is 58.6 Å². The molecule has 0 bridgehead atoms. The molecule has 1 aliphatic rings. The van der Waals surface area contributed by atoms with Crippen molar-refractivity contribution in [1.82, 2.24) is 14.8 Å². The number of aromatic nitrogens is 1. The number of benzene rings is 2. The van der Waals surface area contributed by atoms with Crippen LogP contribution < -0.4 is 4.74 Å². The van der Waals surface area contributed by atoms with Crippen molar-refractivity contribution >= 4 is 23.2 Å². The molecule has 1 fully saturated rings. The molecule has 0 atom stereocenters. The maximum absolute atomic E-state index is 13.8. The van der Waals surface area contributed by atoms with Gasteiger partial charge in [-0.2, -0.15) is 0 Å². The van der Waals surface area contributed by atoms with Gasteiger partial charge in [0.05, 0.1) is 5.69 Å². The van der Waals surface area contributed by atoms with Crippen LogP contribution in [0.2, 0.25) is 0 Å². The largest absolute Gasteiger partial charge is 0.486 e. The minimum atomic E-state index is -0.408. The molecule has 172 valence electrons. The molecule has 0 unspecified atom stereocenters. The first-order chi connectivity index (χ1) is 15.8. The molecule has 33 heavy (non-hydrogen) atoms. The Balaban J connectivity index is 1.35. The smallest absolute Gasteiger partial charge is 0.265 e. The number of ether oxygens (including phenoxy) is 1. The predicted molar refractivity (Wildman–Crippen MR) is 121 cm³/mol. The lowest BCUT2D eigenvalue weighted by molar-refractivity contribution is 0.0537. The molecular weight excluding hydrogens is 448 g/mol. The van der Waals surface area contributed by atoms with Crippen molar-refractivity contribution in [2.24, 2.45) is 0 Å². The average Bonchev–Trinajstić information content (AvgIpc) is 3.20. The van der Waals surface area contributed by atoms with Gasteiger partial charge in [-0.3, -0.25) is 9.59 Å². The summed E-state index contributed by atoms with van der Waals surface area (Å²) in [6, 6.07) is 10.2. The van der Waals surface area contributed by atoms with Gasteiger partial charge in [0.25, 0.3) is 11.8 Å². The molecule has 0 radical (unpaired) electrons. The molecule has 0 N–H and O–H groups in total. The third-order valence-electron chi connectivity index (χ3n) is 5.48. The summed E-state index contributed by atoms with van der Waals surface area (Å²) in [4.78, 5) is 34.0. The number of carbonyl (C=O) groups excluding carboxylic acids is 2. The SMILES string of the molecule is Cc1ccc(C(=O)N2CCN(C(=O)c3sc(COc4ccc(F)cc4)nc3C)CC2)cc1F. The van der Waals surface area contributed by atoms with E-state index in [1.54, 1.807) is 35.8 Å². The Kier molecular flexibility index (Phi) is 6.69. The van der Waals surface area contributed by atoms with E-state index in [1.807, 2.05) is 0 Å². The normalized spacial score (nSPS) is 13.8. The van der Waals surface area contributed by atoms with Crippen LogP contribution in [0.3, 0.4) is 0 Å². The van der Waals surface area contributed by atoms with E-state index < -0.39 is 5.82 Å². The van der Waals surface area contributed by atoms with Gasteiger partial charge < -0.3 is 14.5 Å². The zero-order chi connectivity index (χ0) is 23.5. The Bertz CT molecular complexity index is 1170. The van der Waals surface area contributed by atoms with Gasteiger partial charge in [0.15, 0.2) is 0 Å². The van der Waals surface area contributed by atoms with Crippen LogP contribution in [-0.2, 0) is 6.61 Å². The third-order valence-corrected chi connectivity index (χ3v) is 6.60. The quantitative estimate of drug-likeness (QED) is 0.559. The molecular formula is C24H23F2N3O3S. The number of halogens is 2. The lowest BCUT2D eigenvalue weighted by atomic mass is 10.1. The van der Waals surface area contributed by atoms with Gasteiger partial charge in [-0.1, -0.05) is 6.07 Å². The van der Waals surface area contributed by atoms with E-state index in [9.17, 15) is 18.4 Å². The van der Waals surface area contributed by atoms with Crippen molar-refractivity contribution < 1.29 is 23.1 Å². The standard InChI is InChI=1S/C24H23F2N3O3S/c1-15-3-4-17(13-20(15)26)23(30)28-9-11-29(12-10-28)24(31)22-16(2)27-21(33-22)14-32-19-7-5-18(25)6-8-19/h3-8,13H,9-12,14H2,1-2H3. The molecule has 0 aliphatic carbocycles. The zero-order valence-electron chi connectivity index (χ0n) is 18.3. The van der Waals surface area contributed by atoms with Crippen molar-refractivity contribution in [3.8, 4) is 5.75 Å². The molecule has 2 aromatic carbocycles. The predicted octanol–water partition coefficient (Wildman–Crippen LogP) is 4.22. The summed E-state index contributed by atoms with van der Waals surface area (Å²) in [7, 11) is 0. The van der Waals surface area contributed by atoms with E-state index in [1.165, 1.54) is 41.7 Å². The van der Waals surface area contributed by atoms with Crippen LogP contribution in [0.5, 0.6) is 5.75 Å². The van der Waals surface area contributed by atoms with Gasteiger partial charge in [-0.15, -0.1) is 11.3 Å². The molecule has 1 saturated heterocycles. The molecule has 4 rings (SSSR count). The Labute approximate surface area is 194 Å². The van der Waals surface area contributed by atoms with Gasteiger partial charge in [0.1, 0.15) is 33.9 Å². The average molecular weight is 472 g/mol. The van der Waals surface area contributed by atoms with Crippen molar-refractivity contribution in [3.05, 3.63) is 80.8 Å². The number of hydrogen-bond donors (Lipinski definition) is 0. The first-order valence-corrected chi connectivity index (χ1v) is 11.3. The summed E-state index contributed by atoms with van der Waals surface area (Å²) in [6.45, 7) is 5.12. The van der Waals surface area contributed by atoms with E-state index in [-0.39, 0.29) is 24.2 Å². The first-order valence-electron chi connectivity index (χ1n) is 10.5. The van der Waals surface area contributed by atoms with Crippen molar-refractivity contribution in [3.63, 3.8) is 0 Å². The second kappa shape index (κ2) is 9.66. The zero-order valence-corrected chi connectivity index (χ0v) is 19.1. The first kappa shape index (κ1) is 22.8. The highest BCUT2D eigenvalue weighted by molar-refractivity contribution is 7.13. The minimum absolute atomic E-state index is 0.133. The van der Waals surface area contributed by atoms with E-state index in [2.05, 4.69) is 4.98 Å². The minimum Gasteiger partial charge on any atom is -0.486 e. The number of nitrogens with zero attached hydrogens (tertiary/aromatic N) is 3. The summed E-state index contributed by atoms with van der Waals surface area (Å²) in [5.41, 5.74) is 1.42. The summed E-state index contributed by atoms with van der Waals surface area (Å²) >= 11 is 1.27. The van der Waals surface area contributed by atoms with Crippen molar-refractivity contribution in [2.75, 3.05) is 26.2 Å². The van der Waals surface area contributed by atoms with Gasteiger partial charge >= 0.3 is 0 Å². The van der Waals surface area contributed by atoms with Crippen LogP contribution in [0.4, 0.5) is 8.78 Å². The van der Waals surface area contributed by atoms with Crippen LogP contribution >= 0.6 is 11.3 Å². The number of amides is 2. The highest BCUT2D eigenvalue weighted by atomic mass is 32.1. The van der Waals surface area contributed by atoms with Crippen molar-refractivity contribution in [1.29, 1.82) is 0 Å². The number of hydrogen-bond acceptors (Lipinski definition) is 5. The van der Waals surface area contributed by atoms with Gasteiger partial charge in [0, 0.05) is 31.7 Å². The maximum Gasteiger partial charge on any atom is 0.265 e. The Hall–Kier alpha value is -3.33. The topological polar surface area (TPSA) is 62.7 Å². The Morgan fingerprint density at radius 3 is 2.24 bits per heavy atom. The Morgan fingerprint density at radius 2 is 1.61 bits per heavy atom. The number of piperazine rings is 1.